The van der Waals surface area contributed by atoms with E-state index in [1.54, 1.807) is 22.8 Å². The molecule has 2 aromatic carbocycles. The molecule has 0 saturated heterocycles. The average Bonchev–Trinajstić information content (AvgIpc) is 2.80. The first kappa shape index (κ1) is 22.0. The van der Waals surface area contributed by atoms with Crippen LogP contribution in [0.2, 0.25) is 0 Å². The summed E-state index contributed by atoms with van der Waals surface area (Å²) in [5.74, 6) is -0.788. The van der Waals surface area contributed by atoms with Crippen molar-refractivity contribution in [3.05, 3.63) is 106 Å². The maximum Gasteiger partial charge on any atom is 0.261 e. The minimum absolute atomic E-state index is 0.0504. The van der Waals surface area contributed by atoms with Crippen molar-refractivity contribution in [3.8, 4) is 0 Å². The molecule has 33 heavy (non-hydrogen) atoms. The minimum atomic E-state index is -0.536. The van der Waals surface area contributed by atoms with E-state index >= 15 is 0 Å². The third-order valence-corrected chi connectivity index (χ3v) is 5.23. The molecule has 2 heterocycles. The van der Waals surface area contributed by atoms with Gasteiger partial charge in [0.05, 0.1) is 5.39 Å². The van der Waals surface area contributed by atoms with Crippen LogP contribution in [0.15, 0.2) is 77.7 Å². The van der Waals surface area contributed by atoms with Crippen LogP contribution in [0.5, 0.6) is 0 Å². The van der Waals surface area contributed by atoms with E-state index < -0.39 is 11.3 Å². The number of aromatic nitrogens is 2. The topological polar surface area (TPSA) is 93.1 Å². The predicted octanol–water partition coefficient (Wildman–Crippen LogP) is 3.58. The lowest BCUT2D eigenvalue weighted by atomic mass is 10.1. The van der Waals surface area contributed by atoms with Crippen LogP contribution in [0.3, 0.4) is 0 Å². The van der Waals surface area contributed by atoms with Crippen molar-refractivity contribution < 1.29 is 9.59 Å². The van der Waals surface area contributed by atoms with Crippen molar-refractivity contribution in [1.29, 1.82) is 0 Å². The van der Waals surface area contributed by atoms with Crippen LogP contribution in [0.25, 0.3) is 11.0 Å². The fraction of sp³-hybridized carbons (Fsp3) is 0.154. The zero-order chi connectivity index (χ0) is 23.4. The summed E-state index contributed by atoms with van der Waals surface area (Å²) in [4.78, 5) is 43.2. The number of amides is 2. The number of hydrogen-bond donors (Lipinski definition) is 2. The molecular formula is C26H24N4O3. The van der Waals surface area contributed by atoms with E-state index in [-0.39, 0.29) is 23.4 Å². The number of anilines is 1. The molecule has 0 aliphatic carbocycles. The van der Waals surface area contributed by atoms with E-state index in [9.17, 15) is 14.4 Å². The molecule has 4 rings (SSSR count). The molecule has 0 unspecified atom stereocenters. The fourth-order valence-corrected chi connectivity index (χ4v) is 3.57. The highest BCUT2D eigenvalue weighted by atomic mass is 16.2. The average molecular weight is 441 g/mol. The minimum Gasteiger partial charge on any atom is -0.350 e. The fourth-order valence-electron chi connectivity index (χ4n) is 3.57. The summed E-state index contributed by atoms with van der Waals surface area (Å²) >= 11 is 0. The molecule has 0 fully saturated rings. The van der Waals surface area contributed by atoms with Gasteiger partial charge in [0.15, 0.2) is 0 Å². The first-order chi connectivity index (χ1) is 15.9. The number of fused-ring (bicyclic) bond motifs is 1. The second-order valence-corrected chi connectivity index (χ2v) is 7.91. The second-order valence-electron chi connectivity index (χ2n) is 7.91. The van der Waals surface area contributed by atoms with Crippen molar-refractivity contribution in [2.45, 2.75) is 26.9 Å². The highest BCUT2D eigenvalue weighted by molar-refractivity contribution is 6.05. The maximum atomic E-state index is 13.1. The summed E-state index contributed by atoms with van der Waals surface area (Å²) in [7, 11) is 0. The van der Waals surface area contributed by atoms with Crippen molar-refractivity contribution in [3.63, 3.8) is 0 Å². The molecule has 0 radical (unpaired) electrons. The molecule has 0 atom stereocenters. The molecule has 0 aliphatic rings. The Labute approximate surface area is 191 Å². The van der Waals surface area contributed by atoms with Gasteiger partial charge in [-0.25, -0.2) is 4.98 Å². The highest BCUT2D eigenvalue weighted by Gasteiger charge is 2.18. The van der Waals surface area contributed by atoms with Crippen LogP contribution in [0.4, 0.5) is 5.69 Å². The number of carbonyl (C=O) groups excluding carboxylic acids is 2. The monoisotopic (exact) mass is 440 g/mol. The number of nitrogens with one attached hydrogen (secondary N) is 2. The molecule has 4 aromatic rings. The third-order valence-electron chi connectivity index (χ3n) is 5.23. The van der Waals surface area contributed by atoms with Gasteiger partial charge in [-0.1, -0.05) is 42.5 Å². The Morgan fingerprint density at radius 2 is 1.76 bits per heavy atom. The Balaban J connectivity index is 1.65. The molecule has 2 amide bonds. The lowest BCUT2D eigenvalue weighted by Gasteiger charge is -2.14. The van der Waals surface area contributed by atoms with E-state index in [0.717, 1.165) is 11.1 Å². The third kappa shape index (κ3) is 5.15. The van der Waals surface area contributed by atoms with Crippen LogP contribution in [0, 0.1) is 13.8 Å². The normalized spacial score (nSPS) is 10.7. The number of rotatable bonds is 6. The highest BCUT2D eigenvalue weighted by Crippen LogP contribution is 2.14. The van der Waals surface area contributed by atoms with Crippen LogP contribution < -0.4 is 16.1 Å². The second kappa shape index (κ2) is 9.48. The summed E-state index contributed by atoms with van der Waals surface area (Å²) in [6.07, 6.45) is 1.41. The zero-order valence-corrected chi connectivity index (χ0v) is 18.5. The Hall–Kier alpha value is -4.26. The van der Waals surface area contributed by atoms with E-state index in [1.165, 1.54) is 6.20 Å². The standard InChI is InChI=1S/C26H24N4O3/c1-17-7-6-10-20(13-17)29-26(33)22-15-30(25-21(24(22)32)12-11-18(2)28-25)16-23(31)27-14-19-8-4-3-5-9-19/h3-13,15H,14,16H2,1-2H3,(H,27,31)(H,29,33). The molecule has 166 valence electrons. The lowest BCUT2D eigenvalue weighted by molar-refractivity contribution is -0.121. The largest absolute Gasteiger partial charge is 0.350 e. The van der Waals surface area contributed by atoms with E-state index in [1.807, 2.05) is 62.4 Å². The van der Waals surface area contributed by atoms with Gasteiger partial charge in [-0.15, -0.1) is 0 Å². The Bertz CT molecular complexity index is 1390. The van der Waals surface area contributed by atoms with E-state index in [2.05, 4.69) is 15.6 Å². The quantitative estimate of drug-likeness (QED) is 0.479. The van der Waals surface area contributed by atoms with Gasteiger partial charge in [0.2, 0.25) is 11.3 Å². The number of benzene rings is 2. The summed E-state index contributed by atoms with van der Waals surface area (Å²) in [6.45, 7) is 4.03. The summed E-state index contributed by atoms with van der Waals surface area (Å²) in [6, 6.07) is 20.2. The van der Waals surface area contributed by atoms with Gasteiger partial charge in [-0.3, -0.25) is 14.4 Å². The molecular weight excluding hydrogens is 416 g/mol. The summed E-state index contributed by atoms with van der Waals surface area (Å²) in [5.41, 5.74) is 3.14. The van der Waals surface area contributed by atoms with Crippen molar-refractivity contribution in [2.24, 2.45) is 0 Å². The molecule has 0 spiro atoms. The number of nitrogens with zero attached hydrogens (tertiary/aromatic N) is 2. The van der Waals surface area contributed by atoms with Gasteiger partial charge in [0, 0.05) is 24.1 Å². The van der Waals surface area contributed by atoms with Crippen molar-refractivity contribution >= 4 is 28.5 Å². The molecule has 2 aromatic heterocycles. The number of aryl methyl sites for hydroxylation is 2. The summed E-state index contributed by atoms with van der Waals surface area (Å²) in [5, 5.41) is 5.93. The molecule has 0 saturated carbocycles. The Morgan fingerprint density at radius 1 is 0.970 bits per heavy atom. The molecule has 2 N–H and O–H groups in total. The predicted molar refractivity (Wildman–Crippen MR) is 128 cm³/mol. The number of carbonyl (C=O) groups is 2. The first-order valence-electron chi connectivity index (χ1n) is 10.6. The summed E-state index contributed by atoms with van der Waals surface area (Å²) < 4.78 is 1.55. The van der Waals surface area contributed by atoms with Gasteiger partial charge in [-0.05, 0) is 49.2 Å². The maximum absolute atomic E-state index is 13.1. The van der Waals surface area contributed by atoms with Gasteiger partial charge < -0.3 is 15.2 Å². The van der Waals surface area contributed by atoms with Crippen LogP contribution in [0.1, 0.15) is 27.2 Å². The van der Waals surface area contributed by atoms with Crippen LogP contribution >= 0.6 is 0 Å². The van der Waals surface area contributed by atoms with Crippen molar-refractivity contribution in [2.75, 3.05) is 5.32 Å². The molecule has 7 heteroatoms. The molecule has 0 aliphatic heterocycles. The Kier molecular flexibility index (Phi) is 6.31. The van der Waals surface area contributed by atoms with E-state index in [0.29, 0.717) is 23.6 Å². The van der Waals surface area contributed by atoms with Gasteiger partial charge in [0.25, 0.3) is 5.91 Å². The molecule has 7 nitrogen and oxygen atoms in total. The Morgan fingerprint density at radius 3 is 2.52 bits per heavy atom. The van der Waals surface area contributed by atoms with Gasteiger partial charge >= 0.3 is 0 Å². The van der Waals surface area contributed by atoms with Gasteiger partial charge in [0.1, 0.15) is 17.8 Å². The van der Waals surface area contributed by atoms with Gasteiger partial charge in [-0.2, -0.15) is 0 Å². The first-order valence-corrected chi connectivity index (χ1v) is 10.6. The van der Waals surface area contributed by atoms with Crippen LogP contribution in [-0.2, 0) is 17.9 Å². The number of hydrogen-bond acceptors (Lipinski definition) is 4. The zero-order valence-electron chi connectivity index (χ0n) is 18.5. The molecule has 0 bridgehead atoms. The lowest BCUT2D eigenvalue weighted by Crippen LogP contribution is -2.30. The number of pyridine rings is 2. The van der Waals surface area contributed by atoms with Crippen molar-refractivity contribution in [1.82, 2.24) is 14.9 Å². The van der Waals surface area contributed by atoms with E-state index in [4.69, 9.17) is 0 Å². The smallest absolute Gasteiger partial charge is 0.261 e. The van der Waals surface area contributed by atoms with Crippen LogP contribution in [-0.4, -0.2) is 21.4 Å². The SMILES string of the molecule is Cc1cccc(NC(=O)c2cn(CC(=O)NCc3ccccc3)c3nc(C)ccc3c2=O)c1.